The Bertz CT molecular complexity index is 389. The minimum absolute atomic E-state index is 0.0650. The van der Waals surface area contributed by atoms with Crippen LogP contribution in [0.5, 0.6) is 0 Å². The predicted molar refractivity (Wildman–Crippen MR) is 96.5 cm³/mol. The molecule has 132 valence electrons. The van der Waals surface area contributed by atoms with Crippen molar-refractivity contribution in [3.05, 3.63) is 35.9 Å². The molecule has 0 aliphatic heterocycles. The van der Waals surface area contributed by atoms with E-state index in [0.29, 0.717) is 25.7 Å². The van der Waals surface area contributed by atoms with Gasteiger partial charge in [0.1, 0.15) is 0 Å². The Balaban J connectivity index is 2.64. The Hall–Kier alpha value is -0.763. The first-order valence-electron chi connectivity index (χ1n) is 8.54. The monoisotopic (exact) mass is 340 g/mol. The van der Waals surface area contributed by atoms with E-state index < -0.39 is 9.53 Å². The van der Waals surface area contributed by atoms with Crippen LogP contribution in [0.15, 0.2) is 30.3 Å². The second kappa shape index (κ2) is 12.6. The summed E-state index contributed by atoms with van der Waals surface area (Å²) in [5.74, 6) is 0.347. The molecular weight excluding hydrogens is 308 g/mol. The molecule has 0 aliphatic carbocycles. The third-order valence-corrected chi connectivity index (χ3v) is 5.53. The normalized spacial score (nSPS) is 14.1. The van der Waals surface area contributed by atoms with Crippen LogP contribution in [0, 0.1) is 5.92 Å². The maximum atomic E-state index is 6.12. The highest BCUT2D eigenvalue weighted by molar-refractivity contribution is 6.36. The molecule has 5 nitrogen and oxygen atoms in total. The van der Waals surface area contributed by atoms with Gasteiger partial charge in [0.2, 0.25) is 0 Å². The molecule has 0 heterocycles. The van der Waals surface area contributed by atoms with Crippen LogP contribution < -0.4 is 11.1 Å². The van der Waals surface area contributed by atoms with Gasteiger partial charge in [0.25, 0.3) is 0 Å². The second-order valence-electron chi connectivity index (χ2n) is 5.48. The summed E-state index contributed by atoms with van der Waals surface area (Å²) < 4.78 is 17.4. The van der Waals surface area contributed by atoms with Crippen LogP contribution >= 0.6 is 0 Å². The molecule has 2 atom stereocenters. The molecule has 1 aromatic carbocycles. The topological polar surface area (TPSA) is 65.7 Å². The first-order chi connectivity index (χ1) is 11.2. The van der Waals surface area contributed by atoms with Gasteiger partial charge in [-0.2, -0.15) is 0 Å². The van der Waals surface area contributed by atoms with Crippen molar-refractivity contribution in [2.75, 3.05) is 32.8 Å². The van der Waals surface area contributed by atoms with Gasteiger partial charge in [0.15, 0.2) is 0 Å². The third-order valence-electron chi connectivity index (χ3n) is 3.66. The summed E-state index contributed by atoms with van der Waals surface area (Å²) in [6.07, 6.45) is 1.02. The van der Waals surface area contributed by atoms with Gasteiger partial charge in [-0.15, -0.1) is 0 Å². The molecule has 0 saturated heterocycles. The van der Waals surface area contributed by atoms with Gasteiger partial charge >= 0.3 is 9.53 Å². The van der Waals surface area contributed by atoms with E-state index in [2.05, 4.69) is 36.5 Å². The van der Waals surface area contributed by atoms with Gasteiger partial charge in [-0.05, 0) is 32.8 Å². The van der Waals surface area contributed by atoms with Crippen molar-refractivity contribution in [1.29, 1.82) is 0 Å². The first-order valence-corrected chi connectivity index (χ1v) is 9.96. The zero-order valence-corrected chi connectivity index (χ0v) is 15.8. The van der Waals surface area contributed by atoms with E-state index >= 15 is 0 Å². The lowest BCUT2D eigenvalue weighted by Crippen LogP contribution is -2.40. The van der Waals surface area contributed by atoms with Crippen LogP contribution in [-0.4, -0.2) is 48.5 Å². The summed E-state index contributed by atoms with van der Waals surface area (Å²) in [5.41, 5.74) is 6.89. The molecule has 3 N–H and O–H groups in total. The largest absolute Gasteiger partial charge is 0.484 e. The summed E-state index contributed by atoms with van der Waals surface area (Å²) in [7, 11) is -2.05. The van der Waals surface area contributed by atoms with Crippen molar-refractivity contribution in [3.63, 3.8) is 0 Å². The summed E-state index contributed by atoms with van der Waals surface area (Å²) in [5, 5.41) is 3.40. The van der Waals surface area contributed by atoms with Gasteiger partial charge in [-0.3, -0.25) is 0 Å². The molecule has 0 amide bonds. The fourth-order valence-electron chi connectivity index (χ4n) is 2.40. The van der Waals surface area contributed by atoms with Crippen molar-refractivity contribution in [3.8, 4) is 0 Å². The van der Waals surface area contributed by atoms with Gasteiger partial charge in [-0.1, -0.05) is 30.3 Å². The average molecular weight is 341 g/mol. The highest BCUT2D eigenvalue weighted by Crippen LogP contribution is 2.16. The Labute approximate surface area is 142 Å². The maximum Gasteiger partial charge on any atom is 0.484 e. The van der Waals surface area contributed by atoms with Gasteiger partial charge < -0.3 is 24.3 Å². The van der Waals surface area contributed by atoms with E-state index in [1.165, 1.54) is 5.56 Å². The second-order valence-corrected chi connectivity index (χ2v) is 7.00. The number of hydrogen-bond acceptors (Lipinski definition) is 5. The lowest BCUT2D eigenvalue weighted by Gasteiger charge is -2.28. The first kappa shape index (κ1) is 20.3. The van der Waals surface area contributed by atoms with Crippen molar-refractivity contribution in [1.82, 2.24) is 5.32 Å². The van der Waals surface area contributed by atoms with Crippen LogP contribution in [0.3, 0.4) is 0 Å². The molecule has 1 rings (SSSR count). The summed E-state index contributed by atoms with van der Waals surface area (Å²) in [4.78, 5) is 0. The van der Waals surface area contributed by atoms with Crippen LogP contribution in [0.1, 0.15) is 26.3 Å². The van der Waals surface area contributed by atoms with E-state index in [4.69, 9.17) is 19.0 Å². The Morgan fingerprint density at radius 3 is 2.35 bits per heavy atom. The smallest absolute Gasteiger partial charge is 0.376 e. The molecule has 0 fully saturated rings. The van der Waals surface area contributed by atoms with Crippen molar-refractivity contribution in [2.45, 2.75) is 33.3 Å². The van der Waals surface area contributed by atoms with Crippen molar-refractivity contribution in [2.24, 2.45) is 11.7 Å². The Kier molecular flexibility index (Phi) is 11.1. The minimum atomic E-state index is -2.05. The van der Waals surface area contributed by atoms with Gasteiger partial charge in [-0.25, -0.2) is 0 Å². The molecule has 0 bridgehead atoms. The van der Waals surface area contributed by atoms with Crippen LogP contribution in [0.25, 0.3) is 0 Å². The number of benzene rings is 1. The molecule has 0 saturated carbocycles. The van der Waals surface area contributed by atoms with Crippen LogP contribution in [0.2, 0.25) is 0 Å². The maximum absolute atomic E-state index is 6.12. The molecule has 0 spiro atoms. The number of hydrogen-bond donors (Lipinski definition) is 2. The Morgan fingerprint density at radius 2 is 1.78 bits per heavy atom. The van der Waals surface area contributed by atoms with Gasteiger partial charge in [0, 0.05) is 38.8 Å². The highest BCUT2D eigenvalue weighted by atomic mass is 28.3. The number of nitrogens with two attached hydrogens (primary N) is 1. The molecule has 2 unspecified atom stereocenters. The van der Waals surface area contributed by atoms with Crippen molar-refractivity contribution < 1.29 is 13.3 Å². The molecule has 1 aromatic rings. The molecule has 6 heteroatoms. The van der Waals surface area contributed by atoms with E-state index in [1.807, 2.05) is 19.9 Å². The lowest BCUT2D eigenvalue weighted by atomic mass is 9.95. The van der Waals surface area contributed by atoms with Crippen LogP contribution in [-0.2, 0) is 19.7 Å². The number of nitrogens with one attached hydrogen (secondary N) is 1. The highest BCUT2D eigenvalue weighted by Gasteiger charge is 2.24. The van der Waals surface area contributed by atoms with Gasteiger partial charge in [0.05, 0.1) is 6.10 Å². The summed E-state index contributed by atoms with van der Waals surface area (Å²) in [6.45, 7) is 9.62. The SMILES string of the molecule is CCO[SiH](OCC)OC(C)C(CNCCN)Cc1ccccc1. The minimum Gasteiger partial charge on any atom is -0.376 e. The number of rotatable bonds is 13. The van der Waals surface area contributed by atoms with E-state index in [9.17, 15) is 0 Å². The fraction of sp³-hybridized carbons (Fsp3) is 0.647. The van der Waals surface area contributed by atoms with Crippen molar-refractivity contribution >= 4 is 9.53 Å². The van der Waals surface area contributed by atoms with E-state index in [0.717, 1.165) is 19.5 Å². The molecule has 0 aromatic heterocycles. The standard InChI is InChI=1S/C17H32N2O3Si/c1-4-20-23(21-5-2)22-15(3)17(14-19-12-11-18)13-16-9-7-6-8-10-16/h6-10,15,17,19,23H,4-5,11-14,18H2,1-3H3. The zero-order valence-electron chi connectivity index (χ0n) is 14.7. The predicted octanol–water partition coefficient (Wildman–Crippen LogP) is 1.59. The molecule has 0 radical (unpaired) electrons. The summed E-state index contributed by atoms with van der Waals surface area (Å²) >= 11 is 0. The Morgan fingerprint density at radius 1 is 1.13 bits per heavy atom. The fourth-order valence-corrected chi connectivity index (χ4v) is 3.77. The van der Waals surface area contributed by atoms with Crippen LogP contribution in [0.4, 0.5) is 0 Å². The quantitative estimate of drug-likeness (QED) is 0.422. The molecule has 23 heavy (non-hydrogen) atoms. The lowest BCUT2D eigenvalue weighted by molar-refractivity contribution is 0.0443. The average Bonchev–Trinajstić information content (AvgIpc) is 2.55. The molecule has 0 aliphatic rings. The molecular formula is C17H32N2O3Si. The van der Waals surface area contributed by atoms with E-state index in [-0.39, 0.29) is 6.10 Å². The van der Waals surface area contributed by atoms with E-state index in [1.54, 1.807) is 0 Å². The summed E-state index contributed by atoms with van der Waals surface area (Å²) in [6, 6.07) is 10.5. The third kappa shape index (κ3) is 8.60. The zero-order chi connectivity index (χ0) is 16.9.